The van der Waals surface area contributed by atoms with Gasteiger partial charge in [0.05, 0.1) is 29.9 Å². The van der Waals surface area contributed by atoms with Crippen LogP contribution in [0.4, 0.5) is 10.1 Å². The van der Waals surface area contributed by atoms with Crippen molar-refractivity contribution in [1.82, 2.24) is 5.32 Å². The third-order valence-electron chi connectivity index (χ3n) is 6.09. The molecule has 0 aromatic heterocycles. The molecule has 0 spiro atoms. The average Bonchev–Trinajstić information content (AvgIpc) is 2.79. The van der Waals surface area contributed by atoms with Gasteiger partial charge in [-0.1, -0.05) is 57.2 Å². The lowest BCUT2D eigenvalue weighted by Crippen LogP contribution is -2.37. The fourth-order valence-corrected chi connectivity index (χ4v) is 5.12. The molecule has 0 aliphatic rings. The van der Waals surface area contributed by atoms with Crippen LogP contribution in [0.5, 0.6) is 0 Å². The number of rotatable bonds is 12. The molecule has 0 heterocycles. The van der Waals surface area contributed by atoms with E-state index in [1.807, 2.05) is 44.2 Å². The number of amides is 1. The molecule has 0 unspecified atom stereocenters. The smallest absolute Gasteiger partial charge is 0.311 e. The number of carbonyl (C=O) groups is 2. The fraction of sp³-hybridized carbons (Fsp3) is 0.517. The van der Waals surface area contributed by atoms with Crippen molar-refractivity contribution in [1.29, 1.82) is 0 Å². The highest BCUT2D eigenvalue weighted by atomic mass is 32.2. The molecular formula is C29H41FN2O5S. The zero-order valence-electron chi connectivity index (χ0n) is 23.4. The number of carbonyl (C=O) groups excluding carboxylic acids is 2. The van der Waals surface area contributed by atoms with Crippen LogP contribution >= 0.6 is 0 Å². The highest BCUT2D eigenvalue weighted by Crippen LogP contribution is 2.34. The van der Waals surface area contributed by atoms with Crippen molar-refractivity contribution in [2.75, 3.05) is 24.1 Å². The van der Waals surface area contributed by atoms with Crippen LogP contribution in [-0.4, -0.2) is 39.7 Å². The number of anilines is 1. The topological polar surface area (TPSA) is 102 Å². The van der Waals surface area contributed by atoms with Gasteiger partial charge in [-0.05, 0) is 62.3 Å². The molecule has 0 saturated heterocycles. The number of hydrogen-bond donors (Lipinski definition) is 2. The fourth-order valence-electron chi connectivity index (χ4n) is 4.56. The van der Waals surface area contributed by atoms with Crippen molar-refractivity contribution in [3.8, 4) is 0 Å². The van der Waals surface area contributed by atoms with Gasteiger partial charge >= 0.3 is 5.97 Å². The Morgan fingerprint density at radius 3 is 2.21 bits per heavy atom. The van der Waals surface area contributed by atoms with Crippen LogP contribution in [-0.2, 0) is 30.8 Å². The molecule has 0 saturated carbocycles. The molecule has 2 N–H and O–H groups in total. The summed E-state index contributed by atoms with van der Waals surface area (Å²) in [6.07, 6.45) is 2.21. The first-order chi connectivity index (χ1) is 17.5. The Labute approximate surface area is 226 Å². The first-order valence-electron chi connectivity index (χ1n) is 12.7. The van der Waals surface area contributed by atoms with Crippen molar-refractivity contribution in [3.05, 3.63) is 65.5 Å². The van der Waals surface area contributed by atoms with Gasteiger partial charge in [-0.25, -0.2) is 12.8 Å². The number of nitrogens with one attached hydrogen (secondary N) is 2. The molecule has 1 amide bonds. The quantitative estimate of drug-likeness (QED) is 0.352. The maximum absolute atomic E-state index is 14.4. The van der Waals surface area contributed by atoms with E-state index in [0.717, 1.165) is 17.9 Å². The molecule has 0 fully saturated rings. The Bertz CT molecular complexity index is 1210. The maximum Gasteiger partial charge on any atom is 0.311 e. The summed E-state index contributed by atoms with van der Waals surface area (Å²) in [6, 6.07) is 13.7. The van der Waals surface area contributed by atoms with Gasteiger partial charge in [0.15, 0.2) is 0 Å². The molecule has 7 nitrogen and oxygen atoms in total. The van der Waals surface area contributed by atoms with E-state index in [1.165, 1.54) is 12.1 Å². The number of benzene rings is 2. The summed E-state index contributed by atoms with van der Waals surface area (Å²) < 4.78 is 45.1. The second kappa shape index (κ2) is 12.7. The lowest BCUT2D eigenvalue weighted by Gasteiger charge is -2.31. The summed E-state index contributed by atoms with van der Waals surface area (Å²) in [6.45, 7) is 12.1. The molecule has 0 aliphatic heterocycles. The Balaban J connectivity index is 2.07. The van der Waals surface area contributed by atoms with Gasteiger partial charge in [-0.3, -0.25) is 14.3 Å². The van der Waals surface area contributed by atoms with Crippen molar-refractivity contribution in [2.45, 2.75) is 60.3 Å². The Morgan fingerprint density at radius 2 is 1.66 bits per heavy atom. The van der Waals surface area contributed by atoms with E-state index in [1.54, 1.807) is 6.92 Å². The monoisotopic (exact) mass is 548 g/mol. The minimum atomic E-state index is -3.63. The SMILES string of the molecule is C[C@H](C(=O)NC[C@@H](COC(=O)C(C)(C)CC(C)(C)C)Cc1ccccc1)c1ccc(NS(C)(=O)=O)c(F)c1. The molecule has 0 bridgehead atoms. The van der Waals surface area contributed by atoms with E-state index in [4.69, 9.17) is 4.74 Å². The first-order valence-corrected chi connectivity index (χ1v) is 14.6. The van der Waals surface area contributed by atoms with Crippen LogP contribution in [0.1, 0.15) is 65.0 Å². The van der Waals surface area contributed by atoms with Crippen LogP contribution in [0.3, 0.4) is 0 Å². The summed E-state index contributed by atoms with van der Waals surface area (Å²) in [5, 5.41) is 2.91. The zero-order chi connectivity index (χ0) is 28.7. The molecular weight excluding hydrogens is 507 g/mol. The minimum Gasteiger partial charge on any atom is -0.465 e. The molecule has 2 aromatic rings. The van der Waals surface area contributed by atoms with E-state index in [2.05, 4.69) is 30.8 Å². The molecule has 210 valence electrons. The molecule has 0 radical (unpaired) electrons. The van der Waals surface area contributed by atoms with E-state index in [0.29, 0.717) is 18.4 Å². The molecule has 9 heteroatoms. The number of sulfonamides is 1. The summed E-state index contributed by atoms with van der Waals surface area (Å²) in [7, 11) is -3.63. The number of esters is 1. The van der Waals surface area contributed by atoms with Gasteiger partial charge in [-0.15, -0.1) is 0 Å². The predicted octanol–water partition coefficient (Wildman–Crippen LogP) is 5.28. The van der Waals surface area contributed by atoms with Crippen molar-refractivity contribution in [2.24, 2.45) is 16.7 Å². The van der Waals surface area contributed by atoms with E-state index in [9.17, 15) is 22.4 Å². The Morgan fingerprint density at radius 1 is 1.03 bits per heavy atom. The van der Waals surface area contributed by atoms with E-state index >= 15 is 0 Å². The van der Waals surface area contributed by atoms with Gasteiger partial charge in [-0.2, -0.15) is 0 Å². The third-order valence-corrected chi connectivity index (χ3v) is 6.68. The number of hydrogen-bond acceptors (Lipinski definition) is 5. The van der Waals surface area contributed by atoms with Crippen molar-refractivity contribution >= 4 is 27.6 Å². The predicted molar refractivity (Wildman–Crippen MR) is 149 cm³/mol. The molecule has 0 aliphatic carbocycles. The zero-order valence-corrected chi connectivity index (χ0v) is 24.2. The minimum absolute atomic E-state index is 0.0331. The van der Waals surface area contributed by atoms with Gasteiger partial charge in [0, 0.05) is 12.5 Å². The third kappa shape index (κ3) is 10.4. The number of halogens is 1. The van der Waals surface area contributed by atoms with Crippen LogP contribution in [0.2, 0.25) is 0 Å². The summed E-state index contributed by atoms with van der Waals surface area (Å²) in [4.78, 5) is 25.8. The Kier molecular flexibility index (Phi) is 10.5. The van der Waals surface area contributed by atoms with Gasteiger partial charge < -0.3 is 10.1 Å². The molecule has 2 aromatic carbocycles. The second-order valence-corrected chi connectivity index (χ2v) is 13.6. The lowest BCUT2D eigenvalue weighted by molar-refractivity contribution is -0.157. The normalized spacial score (nSPS) is 13.9. The van der Waals surface area contributed by atoms with Gasteiger partial charge in [0.1, 0.15) is 5.82 Å². The van der Waals surface area contributed by atoms with E-state index in [-0.39, 0.29) is 42.0 Å². The van der Waals surface area contributed by atoms with E-state index < -0.39 is 27.2 Å². The lowest BCUT2D eigenvalue weighted by atomic mass is 9.76. The molecule has 2 atom stereocenters. The largest absolute Gasteiger partial charge is 0.465 e. The number of ether oxygens (including phenoxy) is 1. The first kappa shape index (κ1) is 31.3. The average molecular weight is 549 g/mol. The van der Waals surface area contributed by atoms with Crippen LogP contribution < -0.4 is 10.0 Å². The van der Waals surface area contributed by atoms with Gasteiger partial charge in [0.2, 0.25) is 15.9 Å². The summed E-state index contributed by atoms with van der Waals surface area (Å²) in [5.74, 6) is -2.20. The summed E-state index contributed by atoms with van der Waals surface area (Å²) in [5.41, 5.74) is 0.613. The standard InChI is InChI=1S/C29H41FN2O5S/c1-20(23-13-14-25(24(30)16-23)32-38(7,35)36)26(33)31-17-22(15-21-11-9-8-10-12-21)18-37-27(34)29(5,6)19-28(2,3)4/h8-14,16,20,22,32H,15,17-19H2,1-7H3,(H,31,33)/t20-,22-/m0/s1. The van der Waals surface area contributed by atoms with Crippen molar-refractivity contribution < 1.29 is 27.1 Å². The highest BCUT2D eigenvalue weighted by molar-refractivity contribution is 7.92. The second-order valence-electron chi connectivity index (χ2n) is 11.9. The maximum atomic E-state index is 14.4. The van der Waals surface area contributed by atoms with Crippen molar-refractivity contribution in [3.63, 3.8) is 0 Å². The van der Waals surface area contributed by atoms with Crippen LogP contribution in [0.25, 0.3) is 0 Å². The molecule has 38 heavy (non-hydrogen) atoms. The Hall–Kier alpha value is -2.94. The van der Waals surface area contributed by atoms with Crippen LogP contribution in [0.15, 0.2) is 48.5 Å². The summed E-state index contributed by atoms with van der Waals surface area (Å²) >= 11 is 0. The van der Waals surface area contributed by atoms with Crippen LogP contribution in [0, 0.1) is 22.6 Å². The van der Waals surface area contributed by atoms with Gasteiger partial charge in [0.25, 0.3) is 0 Å². The molecule has 2 rings (SSSR count). The highest BCUT2D eigenvalue weighted by Gasteiger charge is 2.34.